The van der Waals surface area contributed by atoms with Gasteiger partial charge in [-0.15, -0.1) is 0 Å². The molecule has 0 bridgehead atoms. The molecule has 3 atom stereocenters. The van der Waals surface area contributed by atoms with E-state index in [-0.39, 0.29) is 5.97 Å². The maximum atomic E-state index is 12.2. The third-order valence-corrected chi connectivity index (χ3v) is 4.51. The molecule has 124 valence electrons. The zero-order valence-electron chi connectivity index (χ0n) is 12.6. The number of thiol groups is 1. The number of benzene rings is 1. The molecule has 0 aliphatic heterocycles. The summed E-state index contributed by atoms with van der Waals surface area (Å²) in [7, 11) is 0. The first-order valence-corrected chi connectivity index (χ1v) is 8.61. The number of carbonyl (C=O) groups is 1. The molecule has 0 radical (unpaired) electrons. The van der Waals surface area contributed by atoms with Gasteiger partial charge < -0.3 is 9.30 Å². The lowest BCUT2D eigenvalue weighted by molar-refractivity contribution is -0.150. The van der Waals surface area contributed by atoms with Crippen molar-refractivity contribution in [1.29, 1.82) is 0 Å². The molecule has 0 aliphatic carbocycles. The second-order valence-corrected chi connectivity index (χ2v) is 6.60. The standard InChI is InChI=1S/C16H18Cl2N2O2S/c1-2-3-13(23)16(21)22-14(11-4-6-12(17)7-5-11)15(18)20-9-8-19-10-20/h4-10,13-15,23H,2-3H2,1H3. The molecule has 0 fully saturated rings. The van der Waals surface area contributed by atoms with E-state index in [1.807, 2.05) is 6.92 Å². The summed E-state index contributed by atoms with van der Waals surface area (Å²) in [4.78, 5) is 16.2. The molecule has 4 nitrogen and oxygen atoms in total. The number of nitrogens with zero attached hydrogens (tertiary/aromatic N) is 2. The van der Waals surface area contributed by atoms with E-state index < -0.39 is 16.9 Å². The first kappa shape index (κ1) is 18.2. The number of aromatic nitrogens is 2. The van der Waals surface area contributed by atoms with E-state index in [1.54, 1.807) is 47.6 Å². The SMILES string of the molecule is CCCC(S)C(=O)OC(c1ccc(Cl)cc1)C(Cl)n1ccnc1. The van der Waals surface area contributed by atoms with Crippen molar-refractivity contribution in [3.8, 4) is 0 Å². The molecule has 7 heteroatoms. The smallest absolute Gasteiger partial charge is 0.319 e. The average molecular weight is 373 g/mol. The number of imidazole rings is 1. The molecule has 1 aromatic heterocycles. The van der Waals surface area contributed by atoms with E-state index in [0.717, 1.165) is 12.0 Å². The van der Waals surface area contributed by atoms with E-state index in [1.165, 1.54) is 0 Å². The summed E-state index contributed by atoms with van der Waals surface area (Å²) in [6.07, 6.45) is 5.75. The third-order valence-electron chi connectivity index (χ3n) is 3.34. The Hall–Kier alpha value is -1.17. The summed E-state index contributed by atoms with van der Waals surface area (Å²) in [6.45, 7) is 1.99. The van der Waals surface area contributed by atoms with Crippen LogP contribution in [0.1, 0.15) is 36.9 Å². The summed E-state index contributed by atoms with van der Waals surface area (Å²) in [5.74, 6) is -0.388. The van der Waals surface area contributed by atoms with E-state index in [2.05, 4.69) is 17.6 Å². The number of rotatable bonds is 7. The van der Waals surface area contributed by atoms with Crippen molar-refractivity contribution in [2.75, 3.05) is 0 Å². The van der Waals surface area contributed by atoms with Crippen LogP contribution >= 0.6 is 35.8 Å². The predicted molar refractivity (Wildman–Crippen MR) is 95.1 cm³/mol. The summed E-state index contributed by atoms with van der Waals surface area (Å²) < 4.78 is 7.32. The van der Waals surface area contributed by atoms with Gasteiger partial charge in [-0.2, -0.15) is 12.6 Å². The van der Waals surface area contributed by atoms with Crippen LogP contribution in [0.25, 0.3) is 0 Å². The fourth-order valence-electron chi connectivity index (χ4n) is 2.10. The van der Waals surface area contributed by atoms with Crippen LogP contribution in [0, 0.1) is 0 Å². The molecular weight excluding hydrogens is 355 g/mol. The van der Waals surface area contributed by atoms with Crippen LogP contribution in [0.2, 0.25) is 5.02 Å². The van der Waals surface area contributed by atoms with Gasteiger partial charge in [-0.05, 0) is 24.1 Å². The van der Waals surface area contributed by atoms with Crippen LogP contribution < -0.4 is 0 Å². The minimum Gasteiger partial charge on any atom is -0.453 e. The van der Waals surface area contributed by atoms with Gasteiger partial charge in [-0.25, -0.2) is 4.98 Å². The Balaban J connectivity index is 2.24. The van der Waals surface area contributed by atoms with Gasteiger partial charge in [-0.1, -0.05) is 48.7 Å². The Kier molecular flexibility index (Phi) is 6.81. The minimum absolute atomic E-state index is 0.388. The molecule has 0 aliphatic rings. The lowest BCUT2D eigenvalue weighted by atomic mass is 10.1. The molecule has 1 heterocycles. The molecule has 0 saturated carbocycles. The van der Waals surface area contributed by atoms with Gasteiger partial charge in [0.25, 0.3) is 0 Å². The molecule has 0 saturated heterocycles. The largest absolute Gasteiger partial charge is 0.453 e. The Bertz CT molecular complexity index is 620. The molecule has 2 rings (SSSR count). The Morgan fingerprint density at radius 2 is 2.09 bits per heavy atom. The van der Waals surface area contributed by atoms with Crippen molar-refractivity contribution in [1.82, 2.24) is 9.55 Å². The van der Waals surface area contributed by atoms with E-state index >= 15 is 0 Å². The van der Waals surface area contributed by atoms with Gasteiger partial charge in [0.2, 0.25) is 0 Å². The third kappa shape index (κ3) is 4.90. The van der Waals surface area contributed by atoms with Crippen molar-refractivity contribution in [3.63, 3.8) is 0 Å². The van der Waals surface area contributed by atoms with Gasteiger partial charge in [-0.3, -0.25) is 4.79 Å². The molecule has 0 amide bonds. The lowest BCUT2D eigenvalue weighted by Gasteiger charge is -2.25. The van der Waals surface area contributed by atoms with Gasteiger partial charge in [0, 0.05) is 17.4 Å². The molecule has 1 aromatic carbocycles. The number of hydrogen-bond acceptors (Lipinski definition) is 4. The van der Waals surface area contributed by atoms with Crippen LogP contribution in [0.5, 0.6) is 0 Å². The van der Waals surface area contributed by atoms with Crippen LogP contribution in [0.3, 0.4) is 0 Å². The zero-order valence-corrected chi connectivity index (χ0v) is 15.0. The topological polar surface area (TPSA) is 44.1 Å². The van der Waals surface area contributed by atoms with Gasteiger partial charge in [0.15, 0.2) is 6.10 Å². The van der Waals surface area contributed by atoms with Crippen molar-refractivity contribution in [3.05, 3.63) is 53.6 Å². The second kappa shape index (κ2) is 8.62. The highest BCUT2D eigenvalue weighted by molar-refractivity contribution is 7.81. The summed E-state index contributed by atoms with van der Waals surface area (Å²) in [5.41, 5.74) is 0.137. The van der Waals surface area contributed by atoms with E-state index in [4.69, 9.17) is 27.9 Å². The number of alkyl halides is 1. The maximum Gasteiger partial charge on any atom is 0.319 e. The zero-order chi connectivity index (χ0) is 16.8. The van der Waals surface area contributed by atoms with Crippen molar-refractivity contribution in [2.45, 2.75) is 36.6 Å². The molecule has 3 unspecified atom stereocenters. The minimum atomic E-state index is -0.665. The Labute approximate surface area is 151 Å². The number of esters is 1. The maximum absolute atomic E-state index is 12.2. The highest BCUT2D eigenvalue weighted by Gasteiger charge is 2.28. The van der Waals surface area contributed by atoms with Crippen LogP contribution in [-0.4, -0.2) is 20.8 Å². The van der Waals surface area contributed by atoms with Crippen molar-refractivity contribution >= 4 is 41.8 Å². The van der Waals surface area contributed by atoms with Crippen LogP contribution in [0.4, 0.5) is 0 Å². The van der Waals surface area contributed by atoms with Crippen molar-refractivity contribution < 1.29 is 9.53 Å². The highest BCUT2D eigenvalue weighted by atomic mass is 35.5. The van der Waals surface area contributed by atoms with Crippen molar-refractivity contribution in [2.24, 2.45) is 0 Å². The normalized spacial score (nSPS) is 15.0. The number of hydrogen-bond donors (Lipinski definition) is 1. The summed E-state index contributed by atoms with van der Waals surface area (Å²) in [5, 5.41) is 0.132. The lowest BCUT2D eigenvalue weighted by Crippen LogP contribution is -2.24. The second-order valence-electron chi connectivity index (χ2n) is 5.10. The summed E-state index contributed by atoms with van der Waals surface area (Å²) >= 11 is 16.7. The fraction of sp³-hybridized carbons (Fsp3) is 0.375. The number of halogens is 2. The Morgan fingerprint density at radius 1 is 1.39 bits per heavy atom. The first-order chi connectivity index (χ1) is 11.0. The van der Waals surface area contributed by atoms with Gasteiger partial charge in [0.05, 0.1) is 11.6 Å². The molecule has 2 aromatic rings. The summed E-state index contributed by atoms with van der Waals surface area (Å²) in [6, 6.07) is 7.05. The van der Waals surface area contributed by atoms with Gasteiger partial charge >= 0.3 is 5.97 Å². The molecule has 0 spiro atoms. The number of carbonyl (C=O) groups excluding carboxylic acids is 1. The van der Waals surface area contributed by atoms with Crippen LogP contribution in [0.15, 0.2) is 43.0 Å². The first-order valence-electron chi connectivity index (χ1n) is 7.28. The van der Waals surface area contributed by atoms with E-state index in [0.29, 0.717) is 11.4 Å². The predicted octanol–water partition coefficient (Wildman–Crippen LogP) is 4.66. The quantitative estimate of drug-likeness (QED) is 0.436. The van der Waals surface area contributed by atoms with E-state index in [9.17, 15) is 4.79 Å². The molecular formula is C16H18Cl2N2O2S. The fourth-order valence-corrected chi connectivity index (χ4v) is 2.86. The average Bonchev–Trinajstić information content (AvgIpc) is 3.07. The highest BCUT2D eigenvalue weighted by Crippen LogP contribution is 2.34. The van der Waals surface area contributed by atoms with Crippen LogP contribution in [-0.2, 0) is 9.53 Å². The number of ether oxygens (including phenoxy) is 1. The molecule has 23 heavy (non-hydrogen) atoms. The Morgan fingerprint density at radius 3 is 2.65 bits per heavy atom. The van der Waals surface area contributed by atoms with Gasteiger partial charge in [0.1, 0.15) is 5.50 Å². The monoisotopic (exact) mass is 372 g/mol. The molecule has 0 N–H and O–H groups in total.